The summed E-state index contributed by atoms with van der Waals surface area (Å²) >= 11 is 5.73. The normalized spacial score (nSPS) is 10.6. The molecule has 0 saturated carbocycles. The summed E-state index contributed by atoms with van der Waals surface area (Å²) < 4.78 is 18.5. The first-order chi connectivity index (χ1) is 11.6. The van der Waals surface area contributed by atoms with Gasteiger partial charge in [-0.3, -0.25) is 4.79 Å². The van der Waals surface area contributed by atoms with Gasteiger partial charge in [0.05, 0.1) is 11.2 Å². The highest BCUT2D eigenvalue weighted by Crippen LogP contribution is 2.21. The van der Waals surface area contributed by atoms with Crippen molar-refractivity contribution in [2.75, 3.05) is 5.32 Å². The first-order valence-corrected chi connectivity index (χ1v) is 7.60. The summed E-state index contributed by atoms with van der Waals surface area (Å²) in [7, 11) is 0. The molecule has 0 aliphatic heterocycles. The van der Waals surface area contributed by atoms with E-state index in [2.05, 4.69) is 15.3 Å². The molecule has 0 fully saturated rings. The van der Waals surface area contributed by atoms with Gasteiger partial charge in [-0.25, -0.2) is 14.4 Å². The van der Waals surface area contributed by atoms with E-state index < -0.39 is 0 Å². The summed E-state index contributed by atoms with van der Waals surface area (Å²) in [4.78, 5) is 20.0. The first-order valence-electron chi connectivity index (χ1n) is 7.22. The molecular formula is C17H13ClFN3O2. The topological polar surface area (TPSA) is 68.0 Å². The number of nitrogens with one attached hydrogen (secondary N) is 1. The number of nitrogens with zero attached hydrogens (tertiary/aromatic N) is 2. The third-order valence-electron chi connectivity index (χ3n) is 3.24. The van der Waals surface area contributed by atoms with Crippen LogP contribution in [0.4, 0.5) is 10.2 Å². The largest absolute Gasteiger partial charge is 0.441 e. The summed E-state index contributed by atoms with van der Waals surface area (Å²) in [6.45, 7) is 0. The predicted molar refractivity (Wildman–Crippen MR) is 88.1 cm³/mol. The molecule has 0 atom stereocenters. The Labute approximate surface area is 142 Å². The van der Waals surface area contributed by atoms with Gasteiger partial charge < -0.3 is 9.73 Å². The summed E-state index contributed by atoms with van der Waals surface area (Å²) in [6, 6.07) is 9.19. The Bertz CT molecular complexity index is 832. The Morgan fingerprint density at radius 2 is 1.92 bits per heavy atom. The van der Waals surface area contributed by atoms with Crippen LogP contribution in [-0.4, -0.2) is 15.9 Å². The third-order valence-corrected chi connectivity index (χ3v) is 3.47. The SMILES string of the molecule is O=C(CCc1ncc(-c2ccc(F)cc2)o1)Nc1ccc(Cl)cn1. The average molecular weight is 346 g/mol. The summed E-state index contributed by atoms with van der Waals surface area (Å²) in [5.41, 5.74) is 0.727. The molecule has 3 aromatic rings. The number of benzene rings is 1. The zero-order valence-electron chi connectivity index (χ0n) is 12.5. The van der Waals surface area contributed by atoms with Crippen molar-refractivity contribution >= 4 is 23.3 Å². The molecule has 0 spiro atoms. The molecule has 0 aliphatic rings. The average Bonchev–Trinajstić information content (AvgIpc) is 3.05. The molecule has 2 aromatic heterocycles. The number of hydrogen-bond acceptors (Lipinski definition) is 4. The van der Waals surface area contributed by atoms with Crippen molar-refractivity contribution in [3.05, 3.63) is 65.5 Å². The van der Waals surface area contributed by atoms with E-state index in [1.165, 1.54) is 18.3 Å². The smallest absolute Gasteiger partial charge is 0.226 e. The van der Waals surface area contributed by atoms with Crippen molar-refractivity contribution in [1.82, 2.24) is 9.97 Å². The first kappa shape index (κ1) is 16.1. The lowest BCUT2D eigenvalue weighted by atomic mass is 10.2. The molecule has 1 N–H and O–H groups in total. The van der Waals surface area contributed by atoms with Gasteiger partial charge in [0.15, 0.2) is 11.7 Å². The van der Waals surface area contributed by atoms with Gasteiger partial charge in [-0.2, -0.15) is 0 Å². The van der Waals surface area contributed by atoms with Gasteiger partial charge in [0.25, 0.3) is 0 Å². The second-order valence-corrected chi connectivity index (χ2v) is 5.47. The summed E-state index contributed by atoms with van der Waals surface area (Å²) in [6.07, 6.45) is 3.57. The highest BCUT2D eigenvalue weighted by Gasteiger charge is 2.10. The number of pyridine rings is 1. The Morgan fingerprint density at radius 1 is 1.12 bits per heavy atom. The van der Waals surface area contributed by atoms with Crippen LogP contribution in [0.2, 0.25) is 5.02 Å². The van der Waals surface area contributed by atoms with E-state index in [0.717, 1.165) is 5.56 Å². The van der Waals surface area contributed by atoms with Crippen molar-refractivity contribution in [1.29, 1.82) is 0 Å². The Balaban J connectivity index is 1.56. The van der Waals surface area contributed by atoms with Crippen LogP contribution >= 0.6 is 11.6 Å². The van der Waals surface area contributed by atoms with Crippen LogP contribution in [0.1, 0.15) is 12.3 Å². The Morgan fingerprint density at radius 3 is 2.62 bits per heavy atom. The minimum atomic E-state index is -0.314. The lowest BCUT2D eigenvalue weighted by molar-refractivity contribution is -0.116. The molecule has 1 aromatic carbocycles. The molecule has 5 nitrogen and oxygen atoms in total. The fourth-order valence-electron chi connectivity index (χ4n) is 2.05. The molecular weight excluding hydrogens is 333 g/mol. The second kappa shape index (κ2) is 7.23. The van der Waals surface area contributed by atoms with Crippen molar-refractivity contribution in [2.24, 2.45) is 0 Å². The molecule has 0 saturated heterocycles. The maximum absolute atomic E-state index is 12.9. The number of carbonyl (C=O) groups is 1. The van der Waals surface area contributed by atoms with Gasteiger partial charge in [-0.05, 0) is 36.4 Å². The van der Waals surface area contributed by atoms with E-state index in [9.17, 15) is 9.18 Å². The van der Waals surface area contributed by atoms with E-state index in [-0.39, 0.29) is 18.1 Å². The van der Waals surface area contributed by atoms with Crippen molar-refractivity contribution in [3.63, 3.8) is 0 Å². The second-order valence-electron chi connectivity index (χ2n) is 5.03. The lowest BCUT2D eigenvalue weighted by Crippen LogP contribution is -2.13. The number of aromatic nitrogens is 2. The van der Waals surface area contributed by atoms with Crippen LogP contribution in [0.5, 0.6) is 0 Å². The lowest BCUT2D eigenvalue weighted by Gasteiger charge is -2.03. The zero-order chi connectivity index (χ0) is 16.9. The van der Waals surface area contributed by atoms with E-state index in [4.69, 9.17) is 16.0 Å². The number of anilines is 1. The molecule has 3 rings (SSSR count). The van der Waals surface area contributed by atoms with Gasteiger partial charge in [0, 0.05) is 24.6 Å². The Kier molecular flexibility index (Phi) is 4.86. The van der Waals surface area contributed by atoms with Crippen LogP contribution in [0.3, 0.4) is 0 Å². The fraction of sp³-hybridized carbons (Fsp3) is 0.118. The highest BCUT2D eigenvalue weighted by atomic mass is 35.5. The summed E-state index contributed by atoms with van der Waals surface area (Å²) in [5.74, 6) is 0.888. The highest BCUT2D eigenvalue weighted by molar-refractivity contribution is 6.30. The maximum atomic E-state index is 12.9. The fourth-order valence-corrected chi connectivity index (χ4v) is 2.16. The van der Waals surface area contributed by atoms with Gasteiger partial charge in [0.2, 0.25) is 5.91 Å². The van der Waals surface area contributed by atoms with E-state index in [1.807, 2.05) is 0 Å². The molecule has 0 radical (unpaired) electrons. The van der Waals surface area contributed by atoms with Gasteiger partial charge in [-0.1, -0.05) is 11.6 Å². The van der Waals surface area contributed by atoms with E-state index in [0.29, 0.717) is 28.9 Å². The quantitative estimate of drug-likeness (QED) is 0.756. The number of halogens is 2. The van der Waals surface area contributed by atoms with Crippen molar-refractivity contribution < 1.29 is 13.6 Å². The van der Waals surface area contributed by atoms with Crippen LogP contribution in [0.25, 0.3) is 11.3 Å². The molecule has 2 heterocycles. The minimum Gasteiger partial charge on any atom is -0.441 e. The number of carbonyl (C=O) groups excluding carboxylic acids is 1. The van der Waals surface area contributed by atoms with Gasteiger partial charge >= 0.3 is 0 Å². The standard InChI is InChI=1S/C17H13ClFN3O2/c18-12-3-6-15(20-9-12)22-16(23)7-8-17-21-10-14(24-17)11-1-4-13(19)5-2-11/h1-6,9-10H,7-8H2,(H,20,22,23). The Hall–Kier alpha value is -2.73. The minimum absolute atomic E-state index is 0.202. The molecule has 1 amide bonds. The van der Waals surface area contributed by atoms with Crippen molar-refractivity contribution in [2.45, 2.75) is 12.8 Å². The molecule has 7 heteroatoms. The molecule has 0 aliphatic carbocycles. The van der Waals surface area contributed by atoms with Gasteiger partial charge in [0.1, 0.15) is 11.6 Å². The molecule has 122 valence electrons. The van der Waals surface area contributed by atoms with E-state index >= 15 is 0 Å². The number of rotatable bonds is 5. The number of hydrogen-bond donors (Lipinski definition) is 1. The molecule has 0 bridgehead atoms. The number of aryl methyl sites for hydroxylation is 1. The molecule has 0 unspecified atom stereocenters. The maximum Gasteiger partial charge on any atom is 0.226 e. The zero-order valence-corrected chi connectivity index (χ0v) is 13.3. The predicted octanol–water partition coefficient (Wildman–Crippen LogP) is 4.10. The summed E-state index contributed by atoms with van der Waals surface area (Å²) in [5, 5.41) is 3.17. The third kappa shape index (κ3) is 4.17. The van der Waals surface area contributed by atoms with Crippen molar-refractivity contribution in [3.8, 4) is 11.3 Å². The van der Waals surface area contributed by atoms with Gasteiger partial charge in [-0.15, -0.1) is 0 Å². The number of oxazole rings is 1. The monoisotopic (exact) mass is 345 g/mol. The van der Waals surface area contributed by atoms with Crippen LogP contribution < -0.4 is 5.32 Å². The van der Waals surface area contributed by atoms with Crippen LogP contribution in [-0.2, 0) is 11.2 Å². The van der Waals surface area contributed by atoms with E-state index in [1.54, 1.807) is 30.5 Å². The van der Waals surface area contributed by atoms with Crippen LogP contribution in [0.15, 0.2) is 53.2 Å². The molecule has 24 heavy (non-hydrogen) atoms. The van der Waals surface area contributed by atoms with Crippen LogP contribution in [0, 0.1) is 5.82 Å². The number of amides is 1.